The van der Waals surface area contributed by atoms with Gasteiger partial charge in [0.05, 0.1) is 17.5 Å². The highest BCUT2D eigenvalue weighted by Crippen LogP contribution is 2.06. The summed E-state index contributed by atoms with van der Waals surface area (Å²) < 4.78 is 1.86. The highest BCUT2D eigenvalue weighted by molar-refractivity contribution is 5.30. The van der Waals surface area contributed by atoms with Gasteiger partial charge < -0.3 is 10.4 Å². The smallest absolute Gasteiger partial charge is 0.0766 e. The maximum absolute atomic E-state index is 9.62. The van der Waals surface area contributed by atoms with E-state index in [4.69, 9.17) is 0 Å². The largest absolute Gasteiger partial charge is 0.392 e. The molecule has 0 bridgehead atoms. The van der Waals surface area contributed by atoms with Crippen molar-refractivity contribution in [3.63, 3.8) is 0 Å². The molecule has 0 saturated heterocycles. The highest BCUT2D eigenvalue weighted by atomic mass is 16.3. The maximum atomic E-state index is 9.62. The lowest BCUT2D eigenvalue weighted by molar-refractivity contribution is 0.160. The molecule has 19 heavy (non-hydrogen) atoms. The molecule has 0 aliphatic carbocycles. The zero-order valence-corrected chi connectivity index (χ0v) is 11.3. The lowest BCUT2D eigenvalue weighted by Gasteiger charge is -2.09. The summed E-state index contributed by atoms with van der Waals surface area (Å²) in [4.78, 5) is 0. The molecule has 0 aliphatic heterocycles. The van der Waals surface area contributed by atoms with Crippen molar-refractivity contribution in [2.75, 3.05) is 6.54 Å². The summed E-state index contributed by atoms with van der Waals surface area (Å²) >= 11 is 0. The Balaban J connectivity index is 1.85. The monoisotopic (exact) mass is 259 g/mol. The molecule has 0 aliphatic rings. The second kappa shape index (κ2) is 7.07. The average Bonchev–Trinajstić information content (AvgIpc) is 2.89. The van der Waals surface area contributed by atoms with E-state index in [-0.39, 0.29) is 6.10 Å². The van der Waals surface area contributed by atoms with Crippen LogP contribution in [0, 0.1) is 0 Å². The Morgan fingerprint density at radius 3 is 2.79 bits per heavy atom. The predicted molar refractivity (Wildman–Crippen MR) is 76.2 cm³/mol. The van der Waals surface area contributed by atoms with Gasteiger partial charge in [0.2, 0.25) is 0 Å². The van der Waals surface area contributed by atoms with Crippen molar-refractivity contribution in [1.29, 1.82) is 0 Å². The Kier molecular flexibility index (Phi) is 5.12. The van der Waals surface area contributed by atoms with E-state index in [0.717, 1.165) is 24.2 Å². The molecule has 2 rings (SSSR count). The van der Waals surface area contributed by atoms with Crippen LogP contribution in [0.1, 0.15) is 25.5 Å². The molecule has 0 fully saturated rings. The summed E-state index contributed by atoms with van der Waals surface area (Å²) in [6.45, 7) is 3.37. The third-order valence-electron chi connectivity index (χ3n) is 2.97. The van der Waals surface area contributed by atoms with Crippen LogP contribution in [-0.4, -0.2) is 27.5 Å². The molecule has 1 aromatic heterocycles. The fourth-order valence-corrected chi connectivity index (χ4v) is 1.98. The molecule has 1 aromatic carbocycles. The molecule has 0 amide bonds. The number of aromatic nitrogens is 2. The minimum absolute atomic E-state index is 0.263. The van der Waals surface area contributed by atoms with Gasteiger partial charge in [0.1, 0.15) is 0 Å². The molecule has 1 atom stereocenters. The summed E-state index contributed by atoms with van der Waals surface area (Å²) in [6.07, 6.45) is 3.53. The summed E-state index contributed by atoms with van der Waals surface area (Å²) in [5.41, 5.74) is 2.03. The molecule has 2 N–H and O–H groups in total. The van der Waals surface area contributed by atoms with Gasteiger partial charge in [0.25, 0.3) is 0 Å². The third-order valence-corrected chi connectivity index (χ3v) is 2.97. The van der Waals surface area contributed by atoms with Crippen molar-refractivity contribution in [2.45, 2.75) is 32.4 Å². The van der Waals surface area contributed by atoms with Crippen LogP contribution in [0.5, 0.6) is 0 Å². The van der Waals surface area contributed by atoms with E-state index in [9.17, 15) is 5.11 Å². The number of nitrogens with one attached hydrogen (secondary N) is 1. The second-order valence-corrected chi connectivity index (χ2v) is 4.66. The fraction of sp³-hybridized carbons (Fsp3) is 0.400. The standard InChI is InChI=1S/C15H21N3O/c1-2-6-15(19)12-16-11-13-9-10-18(17-13)14-7-4-3-5-8-14/h3-5,7-10,15-16,19H,2,6,11-12H2,1H3. The van der Waals surface area contributed by atoms with Crippen molar-refractivity contribution < 1.29 is 5.11 Å². The lowest BCUT2D eigenvalue weighted by Crippen LogP contribution is -2.26. The van der Waals surface area contributed by atoms with E-state index in [0.29, 0.717) is 13.1 Å². The topological polar surface area (TPSA) is 50.1 Å². The molecule has 0 saturated carbocycles. The van der Waals surface area contributed by atoms with Crippen LogP contribution in [0.4, 0.5) is 0 Å². The van der Waals surface area contributed by atoms with E-state index in [1.54, 1.807) is 0 Å². The number of aliphatic hydroxyl groups is 1. The van der Waals surface area contributed by atoms with Crippen molar-refractivity contribution in [1.82, 2.24) is 15.1 Å². The minimum atomic E-state index is -0.263. The van der Waals surface area contributed by atoms with Crippen LogP contribution in [0.15, 0.2) is 42.6 Å². The van der Waals surface area contributed by atoms with Gasteiger partial charge in [0.15, 0.2) is 0 Å². The first-order valence-electron chi connectivity index (χ1n) is 6.78. The number of nitrogens with zero attached hydrogens (tertiary/aromatic N) is 2. The lowest BCUT2D eigenvalue weighted by atomic mass is 10.2. The zero-order valence-electron chi connectivity index (χ0n) is 11.3. The quantitative estimate of drug-likeness (QED) is 0.801. The molecule has 2 aromatic rings. The van der Waals surface area contributed by atoms with E-state index in [2.05, 4.69) is 17.3 Å². The van der Waals surface area contributed by atoms with E-state index in [1.807, 2.05) is 47.3 Å². The summed E-state index contributed by atoms with van der Waals surface area (Å²) in [6, 6.07) is 12.0. The maximum Gasteiger partial charge on any atom is 0.0766 e. The first-order valence-corrected chi connectivity index (χ1v) is 6.78. The average molecular weight is 259 g/mol. The van der Waals surface area contributed by atoms with E-state index in [1.165, 1.54) is 0 Å². The Morgan fingerprint density at radius 2 is 2.05 bits per heavy atom. The molecule has 0 radical (unpaired) electrons. The molecular formula is C15H21N3O. The summed E-state index contributed by atoms with van der Waals surface area (Å²) in [5, 5.41) is 17.3. The zero-order chi connectivity index (χ0) is 13.5. The van der Waals surface area contributed by atoms with Crippen molar-refractivity contribution in [3.8, 4) is 5.69 Å². The normalized spacial score (nSPS) is 12.5. The van der Waals surface area contributed by atoms with Crippen LogP contribution in [0.25, 0.3) is 5.69 Å². The number of hydrogen-bond donors (Lipinski definition) is 2. The summed E-state index contributed by atoms with van der Waals surface area (Å²) in [5.74, 6) is 0. The number of aliphatic hydroxyl groups excluding tert-OH is 1. The van der Waals surface area contributed by atoms with Gasteiger partial charge in [-0.05, 0) is 24.6 Å². The molecular weight excluding hydrogens is 238 g/mol. The van der Waals surface area contributed by atoms with Gasteiger partial charge in [-0.1, -0.05) is 31.5 Å². The van der Waals surface area contributed by atoms with Crippen LogP contribution < -0.4 is 5.32 Å². The molecule has 4 heteroatoms. The number of hydrogen-bond acceptors (Lipinski definition) is 3. The third kappa shape index (κ3) is 4.19. The molecule has 0 spiro atoms. The molecule has 102 valence electrons. The number of para-hydroxylation sites is 1. The number of rotatable bonds is 7. The Morgan fingerprint density at radius 1 is 1.26 bits per heavy atom. The van der Waals surface area contributed by atoms with Crippen LogP contribution in [-0.2, 0) is 6.54 Å². The highest BCUT2D eigenvalue weighted by Gasteiger charge is 2.04. The molecule has 1 unspecified atom stereocenters. The van der Waals surface area contributed by atoms with Crippen molar-refractivity contribution >= 4 is 0 Å². The van der Waals surface area contributed by atoms with Crippen LogP contribution >= 0.6 is 0 Å². The van der Waals surface area contributed by atoms with E-state index >= 15 is 0 Å². The summed E-state index contributed by atoms with van der Waals surface area (Å²) in [7, 11) is 0. The second-order valence-electron chi connectivity index (χ2n) is 4.66. The fourth-order valence-electron chi connectivity index (χ4n) is 1.98. The first-order chi connectivity index (χ1) is 9.29. The van der Waals surface area contributed by atoms with Gasteiger partial charge in [-0.3, -0.25) is 0 Å². The van der Waals surface area contributed by atoms with Crippen molar-refractivity contribution in [3.05, 3.63) is 48.3 Å². The Bertz CT molecular complexity index is 481. The van der Waals surface area contributed by atoms with Crippen molar-refractivity contribution in [2.24, 2.45) is 0 Å². The molecule has 4 nitrogen and oxygen atoms in total. The molecule has 1 heterocycles. The SMILES string of the molecule is CCCC(O)CNCc1ccn(-c2ccccc2)n1. The van der Waals surface area contributed by atoms with E-state index < -0.39 is 0 Å². The Labute approximate surface area is 114 Å². The Hall–Kier alpha value is -1.65. The predicted octanol–water partition coefficient (Wildman–Crippen LogP) is 2.12. The van der Waals surface area contributed by atoms with Gasteiger partial charge in [-0.15, -0.1) is 0 Å². The minimum Gasteiger partial charge on any atom is -0.392 e. The first kappa shape index (κ1) is 13.8. The van der Waals surface area contributed by atoms with Gasteiger partial charge >= 0.3 is 0 Å². The van der Waals surface area contributed by atoms with Gasteiger partial charge in [-0.25, -0.2) is 4.68 Å². The van der Waals surface area contributed by atoms with Crippen LogP contribution in [0.3, 0.4) is 0 Å². The van der Waals surface area contributed by atoms with Gasteiger partial charge in [-0.2, -0.15) is 5.10 Å². The van der Waals surface area contributed by atoms with Gasteiger partial charge in [0, 0.05) is 19.3 Å². The number of benzene rings is 1. The van der Waals surface area contributed by atoms with Crippen LogP contribution in [0.2, 0.25) is 0 Å².